The molecule has 1 N–H and O–H groups in total. The first-order valence-corrected chi connectivity index (χ1v) is 7.85. The number of hydrogen-bond donors (Lipinski definition) is 1. The summed E-state index contributed by atoms with van der Waals surface area (Å²) >= 11 is 0. The molecule has 0 spiro atoms. The molecule has 0 radical (unpaired) electrons. The van der Waals surface area contributed by atoms with Crippen LogP contribution in [0.2, 0.25) is 0 Å². The molecule has 0 aliphatic carbocycles. The Morgan fingerprint density at radius 3 is 2.42 bits per heavy atom. The van der Waals surface area contributed by atoms with E-state index < -0.39 is 16.6 Å². The van der Waals surface area contributed by atoms with Gasteiger partial charge in [0.1, 0.15) is 5.69 Å². The van der Waals surface area contributed by atoms with Crippen molar-refractivity contribution in [1.82, 2.24) is 5.32 Å². The minimum Gasteiger partial charge on any atom is -0.372 e. The van der Waals surface area contributed by atoms with Crippen LogP contribution in [-0.2, 0) is 0 Å². The molecular weight excluding hydrogens is 334 g/mol. The Balaban J connectivity index is 2.47. The minimum absolute atomic E-state index is 0.145. The summed E-state index contributed by atoms with van der Waals surface area (Å²) in [6.45, 7) is 3.80. The smallest absolute Gasteiger partial charge is 0.293 e. The van der Waals surface area contributed by atoms with E-state index in [9.17, 15) is 19.7 Å². The Labute approximate surface area is 151 Å². The van der Waals surface area contributed by atoms with Crippen LogP contribution >= 0.6 is 0 Å². The minimum atomic E-state index is -0.533. The van der Waals surface area contributed by atoms with Crippen molar-refractivity contribution >= 4 is 23.1 Å². The molecule has 0 heterocycles. The topological polar surface area (TPSA) is 92.6 Å². The van der Waals surface area contributed by atoms with Crippen molar-refractivity contribution in [2.75, 3.05) is 25.5 Å². The molecule has 0 atom stereocenters. The standard InChI is InChI=1S/C19H19N3O4/c1-4-11-20-19(24)15-8-6-5-7-14(15)18(23)13-9-10-16(21(2)3)17(12-13)22(25)26/h4-10,12H,1,11H2,2-3H3,(H,20,24). The lowest BCUT2D eigenvalue weighted by Crippen LogP contribution is -2.25. The van der Waals surface area contributed by atoms with Gasteiger partial charge in [-0.05, 0) is 18.2 Å². The van der Waals surface area contributed by atoms with E-state index in [1.54, 1.807) is 31.1 Å². The Morgan fingerprint density at radius 1 is 1.19 bits per heavy atom. The van der Waals surface area contributed by atoms with Gasteiger partial charge in [-0.2, -0.15) is 0 Å². The average Bonchev–Trinajstić information content (AvgIpc) is 2.64. The molecule has 134 valence electrons. The molecular formula is C19H19N3O4. The summed E-state index contributed by atoms with van der Waals surface area (Å²) in [5, 5.41) is 13.9. The number of carbonyl (C=O) groups is 2. The predicted molar refractivity (Wildman–Crippen MR) is 99.8 cm³/mol. The Morgan fingerprint density at radius 2 is 1.85 bits per heavy atom. The third-order valence-corrected chi connectivity index (χ3v) is 3.74. The van der Waals surface area contributed by atoms with E-state index in [4.69, 9.17) is 0 Å². The number of carbonyl (C=O) groups excluding carboxylic acids is 2. The molecule has 0 saturated carbocycles. The molecule has 0 aliphatic rings. The molecule has 1 amide bonds. The first-order chi connectivity index (χ1) is 12.4. The monoisotopic (exact) mass is 353 g/mol. The summed E-state index contributed by atoms with van der Waals surface area (Å²) in [6, 6.07) is 10.6. The van der Waals surface area contributed by atoms with Gasteiger partial charge in [0, 0.05) is 37.8 Å². The van der Waals surface area contributed by atoms with Gasteiger partial charge in [-0.3, -0.25) is 19.7 Å². The summed E-state index contributed by atoms with van der Waals surface area (Å²) < 4.78 is 0. The van der Waals surface area contributed by atoms with Gasteiger partial charge in [-0.25, -0.2) is 0 Å². The number of amides is 1. The largest absolute Gasteiger partial charge is 0.372 e. The molecule has 2 aromatic carbocycles. The number of hydrogen-bond acceptors (Lipinski definition) is 5. The summed E-state index contributed by atoms with van der Waals surface area (Å²) in [5.41, 5.74) is 0.754. The molecule has 7 nitrogen and oxygen atoms in total. The lowest BCUT2D eigenvalue weighted by Gasteiger charge is -2.14. The van der Waals surface area contributed by atoms with E-state index in [1.807, 2.05) is 0 Å². The van der Waals surface area contributed by atoms with E-state index >= 15 is 0 Å². The van der Waals surface area contributed by atoms with Crippen molar-refractivity contribution in [3.05, 3.63) is 81.9 Å². The van der Waals surface area contributed by atoms with Crippen molar-refractivity contribution in [3.8, 4) is 0 Å². The highest BCUT2D eigenvalue weighted by Crippen LogP contribution is 2.29. The van der Waals surface area contributed by atoms with E-state index in [-0.39, 0.29) is 28.9 Å². The second-order valence-corrected chi connectivity index (χ2v) is 5.73. The summed E-state index contributed by atoms with van der Waals surface area (Å²) in [6.07, 6.45) is 1.53. The third-order valence-electron chi connectivity index (χ3n) is 3.74. The zero-order valence-corrected chi connectivity index (χ0v) is 14.6. The normalized spacial score (nSPS) is 10.1. The van der Waals surface area contributed by atoms with Crippen LogP contribution in [-0.4, -0.2) is 37.3 Å². The molecule has 0 aliphatic heterocycles. The fraction of sp³-hybridized carbons (Fsp3) is 0.158. The van der Waals surface area contributed by atoms with Crippen LogP contribution in [0.25, 0.3) is 0 Å². The number of nitro benzene ring substituents is 1. The number of benzene rings is 2. The maximum atomic E-state index is 12.9. The first-order valence-electron chi connectivity index (χ1n) is 7.85. The number of nitrogens with one attached hydrogen (secondary N) is 1. The van der Waals surface area contributed by atoms with Crippen LogP contribution < -0.4 is 10.2 Å². The van der Waals surface area contributed by atoms with Crippen LogP contribution in [0.15, 0.2) is 55.1 Å². The van der Waals surface area contributed by atoms with Crippen LogP contribution in [0.4, 0.5) is 11.4 Å². The van der Waals surface area contributed by atoms with Crippen molar-refractivity contribution in [2.45, 2.75) is 0 Å². The quantitative estimate of drug-likeness (QED) is 0.358. The number of nitro groups is 1. The molecule has 0 saturated heterocycles. The second kappa shape index (κ2) is 8.06. The predicted octanol–water partition coefficient (Wildman–Crippen LogP) is 2.81. The Kier molecular flexibility index (Phi) is 5.85. The molecule has 7 heteroatoms. The van der Waals surface area contributed by atoms with Gasteiger partial charge >= 0.3 is 0 Å². The van der Waals surface area contributed by atoms with Gasteiger partial charge in [-0.15, -0.1) is 6.58 Å². The van der Waals surface area contributed by atoms with Gasteiger partial charge in [0.2, 0.25) is 0 Å². The molecule has 2 rings (SSSR count). The van der Waals surface area contributed by atoms with E-state index in [1.165, 1.54) is 36.4 Å². The van der Waals surface area contributed by atoms with Gasteiger partial charge < -0.3 is 10.2 Å². The average molecular weight is 353 g/mol. The molecule has 0 fully saturated rings. The Bertz CT molecular complexity index is 875. The number of ketones is 1. The maximum Gasteiger partial charge on any atom is 0.293 e. The van der Waals surface area contributed by atoms with Gasteiger partial charge in [0.25, 0.3) is 11.6 Å². The van der Waals surface area contributed by atoms with Crippen molar-refractivity contribution in [1.29, 1.82) is 0 Å². The van der Waals surface area contributed by atoms with Gasteiger partial charge in [0.15, 0.2) is 5.78 Å². The highest BCUT2D eigenvalue weighted by atomic mass is 16.6. The van der Waals surface area contributed by atoms with E-state index in [0.717, 1.165) is 0 Å². The van der Waals surface area contributed by atoms with Crippen LogP contribution in [0.3, 0.4) is 0 Å². The fourth-order valence-electron chi connectivity index (χ4n) is 2.48. The highest BCUT2D eigenvalue weighted by Gasteiger charge is 2.22. The first kappa shape index (κ1) is 18.9. The SMILES string of the molecule is C=CCNC(=O)c1ccccc1C(=O)c1ccc(N(C)C)c([N+](=O)[O-])c1. The zero-order valence-electron chi connectivity index (χ0n) is 14.6. The number of rotatable bonds is 7. The summed E-state index contributed by atoms with van der Waals surface area (Å²) in [5.74, 6) is -0.865. The van der Waals surface area contributed by atoms with Crippen LogP contribution in [0.1, 0.15) is 26.3 Å². The molecule has 0 unspecified atom stereocenters. The van der Waals surface area contributed by atoms with E-state index in [2.05, 4.69) is 11.9 Å². The van der Waals surface area contributed by atoms with Crippen molar-refractivity contribution in [3.63, 3.8) is 0 Å². The van der Waals surface area contributed by atoms with Crippen molar-refractivity contribution < 1.29 is 14.5 Å². The summed E-state index contributed by atoms with van der Waals surface area (Å²) in [4.78, 5) is 37.5. The number of anilines is 1. The van der Waals surface area contributed by atoms with Gasteiger partial charge in [0.05, 0.1) is 10.5 Å². The lowest BCUT2D eigenvalue weighted by molar-refractivity contribution is -0.384. The molecule has 26 heavy (non-hydrogen) atoms. The third kappa shape index (κ3) is 3.94. The van der Waals surface area contributed by atoms with E-state index in [0.29, 0.717) is 5.69 Å². The lowest BCUT2D eigenvalue weighted by atomic mass is 9.97. The number of nitrogens with zero attached hydrogens (tertiary/aromatic N) is 2. The molecule has 0 aromatic heterocycles. The maximum absolute atomic E-state index is 12.9. The summed E-state index contributed by atoms with van der Waals surface area (Å²) in [7, 11) is 3.37. The fourth-order valence-corrected chi connectivity index (χ4v) is 2.48. The molecule has 2 aromatic rings. The highest BCUT2D eigenvalue weighted by molar-refractivity contribution is 6.15. The molecule has 0 bridgehead atoms. The zero-order chi connectivity index (χ0) is 19.3. The van der Waals surface area contributed by atoms with Gasteiger partial charge in [-0.1, -0.05) is 24.3 Å². The second-order valence-electron chi connectivity index (χ2n) is 5.73. The Hall–Kier alpha value is -3.48. The van der Waals surface area contributed by atoms with Crippen LogP contribution in [0.5, 0.6) is 0 Å². The van der Waals surface area contributed by atoms with Crippen molar-refractivity contribution in [2.24, 2.45) is 0 Å². The van der Waals surface area contributed by atoms with Crippen LogP contribution in [0, 0.1) is 10.1 Å².